The standard InChI is InChI=1S/C47H62N6O7/c1-45(2,3)39(51-44(58)60-47(7,8)9)41(55)49-37(28-32-18-12-10-13-19-32)38(54)30-53(29-33-23-25-35(26-24-33)36-22-16-17-27-48-36)52-42(56)40(46(4,5)6)50-43(57)59-31-34-20-14-11-15-21-34/h10-27,37-40,54H,28-31H2,1-9H3,(H,49,55)(H,50,57)(H,51,58)(H,52,56)/t37-,38-,39+,40+/m0/s1. The summed E-state index contributed by atoms with van der Waals surface area (Å²) in [7, 11) is 0. The van der Waals surface area contributed by atoms with Gasteiger partial charge >= 0.3 is 12.2 Å². The first-order valence-corrected chi connectivity index (χ1v) is 20.2. The first-order chi connectivity index (χ1) is 28.2. The second kappa shape index (κ2) is 20.9. The SMILES string of the molecule is CC(C)(C)OC(=O)N[C@H](C(=O)N[C@@H](Cc1ccccc1)[C@@H](O)CN(Cc1ccc(-c2ccccn2)cc1)NC(=O)[C@@H](NC(=O)OCc1ccccc1)C(C)(C)C)C(C)(C)C. The monoisotopic (exact) mass is 822 g/mol. The topological polar surface area (TPSA) is 171 Å². The number of nitrogens with one attached hydrogen (secondary N) is 4. The molecule has 60 heavy (non-hydrogen) atoms. The van der Waals surface area contributed by atoms with Crippen LogP contribution in [0.4, 0.5) is 9.59 Å². The zero-order valence-corrected chi connectivity index (χ0v) is 36.3. The molecule has 0 aliphatic carbocycles. The van der Waals surface area contributed by atoms with Crippen molar-refractivity contribution in [3.63, 3.8) is 0 Å². The molecule has 0 bridgehead atoms. The number of aliphatic hydroxyl groups excluding tert-OH is 1. The van der Waals surface area contributed by atoms with Crippen LogP contribution in [0.3, 0.4) is 0 Å². The number of aromatic nitrogens is 1. The van der Waals surface area contributed by atoms with Crippen LogP contribution in [0.5, 0.6) is 0 Å². The molecule has 4 aromatic rings. The molecule has 13 heteroatoms. The maximum Gasteiger partial charge on any atom is 0.408 e. The summed E-state index contributed by atoms with van der Waals surface area (Å²) in [5, 5.41) is 22.1. The van der Waals surface area contributed by atoms with Crippen molar-refractivity contribution in [2.45, 2.75) is 112 Å². The van der Waals surface area contributed by atoms with Crippen molar-refractivity contribution in [3.8, 4) is 11.3 Å². The van der Waals surface area contributed by atoms with E-state index in [1.54, 1.807) is 32.0 Å². The second-order valence-electron chi connectivity index (χ2n) is 18.1. The van der Waals surface area contributed by atoms with Crippen LogP contribution in [0.15, 0.2) is 109 Å². The number of benzene rings is 3. The quantitative estimate of drug-likeness (QED) is 0.0751. The number of nitrogens with zero attached hydrogens (tertiary/aromatic N) is 2. The summed E-state index contributed by atoms with van der Waals surface area (Å²) in [6.07, 6.45) is -0.796. The molecule has 0 aliphatic heterocycles. The van der Waals surface area contributed by atoms with E-state index in [4.69, 9.17) is 9.47 Å². The van der Waals surface area contributed by atoms with Gasteiger partial charge in [-0.2, -0.15) is 0 Å². The first kappa shape index (κ1) is 46.9. The minimum Gasteiger partial charge on any atom is -0.445 e. The van der Waals surface area contributed by atoms with E-state index in [1.165, 1.54) is 0 Å². The number of hydrogen-bond donors (Lipinski definition) is 5. The van der Waals surface area contributed by atoms with Gasteiger partial charge in [0.1, 0.15) is 24.3 Å². The van der Waals surface area contributed by atoms with E-state index >= 15 is 0 Å². The molecule has 4 atom stereocenters. The van der Waals surface area contributed by atoms with Crippen molar-refractivity contribution < 1.29 is 33.8 Å². The largest absolute Gasteiger partial charge is 0.445 e. The van der Waals surface area contributed by atoms with Gasteiger partial charge in [0.05, 0.1) is 17.8 Å². The fourth-order valence-corrected chi connectivity index (χ4v) is 6.33. The Kier molecular flexibility index (Phi) is 16.4. The predicted molar refractivity (Wildman–Crippen MR) is 232 cm³/mol. The van der Waals surface area contributed by atoms with E-state index in [0.29, 0.717) is 0 Å². The highest BCUT2D eigenvalue weighted by atomic mass is 16.6. The molecule has 3 aromatic carbocycles. The lowest BCUT2D eigenvalue weighted by Gasteiger charge is -2.36. The normalized spacial score (nSPS) is 13.9. The molecule has 0 aliphatic rings. The maximum atomic E-state index is 14.2. The molecule has 5 N–H and O–H groups in total. The molecule has 1 aromatic heterocycles. The number of hydrazine groups is 1. The summed E-state index contributed by atoms with van der Waals surface area (Å²) in [5.74, 6) is -1.05. The Morgan fingerprint density at radius 3 is 1.75 bits per heavy atom. The number of carbonyl (C=O) groups excluding carboxylic acids is 4. The molecule has 0 saturated heterocycles. The number of carbonyl (C=O) groups is 4. The van der Waals surface area contributed by atoms with Gasteiger partial charge in [-0.25, -0.2) is 14.6 Å². The molecular formula is C47H62N6O7. The summed E-state index contributed by atoms with van der Waals surface area (Å²) >= 11 is 0. The van der Waals surface area contributed by atoms with Gasteiger partial charge in [-0.3, -0.25) is 20.0 Å². The zero-order valence-electron chi connectivity index (χ0n) is 36.3. The summed E-state index contributed by atoms with van der Waals surface area (Å²) in [6, 6.07) is 29.0. The minimum atomic E-state index is -1.25. The molecule has 4 amide bonds. The molecule has 0 saturated carbocycles. The third kappa shape index (κ3) is 15.4. The average molecular weight is 823 g/mol. The fourth-order valence-electron chi connectivity index (χ4n) is 6.33. The van der Waals surface area contributed by atoms with Gasteiger partial charge in [0.25, 0.3) is 5.91 Å². The first-order valence-electron chi connectivity index (χ1n) is 20.2. The molecule has 0 unspecified atom stereocenters. The highest BCUT2D eigenvalue weighted by Gasteiger charge is 2.38. The summed E-state index contributed by atoms with van der Waals surface area (Å²) < 4.78 is 10.9. The fraction of sp³-hybridized carbons (Fsp3) is 0.426. The van der Waals surface area contributed by atoms with Crippen molar-refractivity contribution in [1.29, 1.82) is 0 Å². The lowest BCUT2D eigenvalue weighted by atomic mass is 9.85. The maximum absolute atomic E-state index is 14.2. The third-order valence-electron chi connectivity index (χ3n) is 9.45. The van der Waals surface area contributed by atoms with Crippen molar-refractivity contribution in [2.75, 3.05) is 6.54 Å². The molecule has 0 spiro atoms. The third-order valence-corrected chi connectivity index (χ3v) is 9.45. The molecule has 4 rings (SSSR count). The Hall–Kier alpha value is -5.79. The van der Waals surface area contributed by atoms with Crippen LogP contribution in [0.25, 0.3) is 11.3 Å². The van der Waals surface area contributed by atoms with Crippen molar-refractivity contribution >= 4 is 24.0 Å². The van der Waals surface area contributed by atoms with Crippen molar-refractivity contribution in [1.82, 2.24) is 31.4 Å². The summed E-state index contributed by atoms with van der Waals surface area (Å²) in [4.78, 5) is 58.7. The van der Waals surface area contributed by atoms with Crippen LogP contribution in [0.2, 0.25) is 0 Å². The van der Waals surface area contributed by atoms with Gasteiger partial charge in [0, 0.05) is 24.8 Å². The van der Waals surface area contributed by atoms with Crippen LogP contribution in [-0.2, 0) is 38.6 Å². The van der Waals surface area contributed by atoms with E-state index in [-0.39, 0.29) is 26.1 Å². The Morgan fingerprint density at radius 1 is 0.650 bits per heavy atom. The number of pyridine rings is 1. The average Bonchev–Trinajstić information content (AvgIpc) is 3.17. The Balaban J connectivity index is 1.62. The second-order valence-corrected chi connectivity index (χ2v) is 18.1. The molecule has 0 fully saturated rings. The number of hydrogen-bond acceptors (Lipinski definition) is 9. The van der Waals surface area contributed by atoms with Crippen molar-refractivity contribution in [2.24, 2.45) is 10.8 Å². The zero-order chi connectivity index (χ0) is 44.1. The Morgan fingerprint density at radius 2 is 1.20 bits per heavy atom. The Labute approximate surface area is 354 Å². The van der Waals surface area contributed by atoms with Gasteiger partial charge < -0.3 is 30.5 Å². The molecule has 13 nitrogen and oxygen atoms in total. The lowest BCUT2D eigenvalue weighted by molar-refractivity contribution is -0.132. The number of rotatable bonds is 16. The molecular weight excluding hydrogens is 761 g/mol. The summed E-state index contributed by atoms with van der Waals surface area (Å²) in [5.41, 5.74) is 4.85. The highest BCUT2D eigenvalue weighted by Crippen LogP contribution is 2.23. The van der Waals surface area contributed by atoms with E-state index in [2.05, 4.69) is 26.4 Å². The predicted octanol–water partition coefficient (Wildman–Crippen LogP) is 6.95. The molecule has 322 valence electrons. The molecule has 1 heterocycles. The van der Waals surface area contributed by atoms with Gasteiger partial charge in [0.15, 0.2) is 0 Å². The van der Waals surface area contributed by atoms with Gasteiger partial charge in [-0.05, 0) is 66.8 Å². The highest BCUT2D eigenvalue weighted by molar-refractivity contribution is 5.87. The van der Waals surface area contributed by atoms with E-state index < -0.39 is 64.7 Å². The number of ether oxygens (including phenoxy) is 2. The molecule has 0 radical (unpaired) electrons. The Bertz CT molecular complexity index is 1980. The number of amides is 4. The van der Waals surface area contributed by atoms with E-state index in [1.807, 2.05) is 145 Å². The van der Waals surface area contributed by atoms with Crippen LogP contribution >= 0.6 is 0 Å². The van der Waals surface area contributed by atoms with Crippen LogP contribution in [-0.4, -0.2) is 75.5 Å². The lowest BCUT2D eigenvalue weighted by Crippen LogP contribution is -2.61. The summed E-state index contributed by atoms with van der Waals surface area (Å²) in [6.45, 7) is 16.2. The van der Waals surface area contributed by atoms with Crippen LogP contribution < -0.4 is 21.4 Å². The van der Waals surface area contributed by atoms with Crippen LogP contribution in [0.1, 0.15) is 79.0 Å². The van der Waals surface area contributed by atoms with Crippen molar-refractivity contribution in [3.05, 3.63) is 126 Å². The van der Waals surface area contributed by atoms with E-state index in [9.17, 15) is 24.3 Å². The minimum absolute atomic E-state index is 0.0237. The van der Waals surface area contributed by atoms with Gasteiger partial charge in [-0.1, -0.05) is 133 Å². The number of aliphatic hydroxyl groups is 1. The van der Waals surface area contributed by atoms with E-state index in [0.717, 1.165) is 27.9 Å². The number of alkyl carbamates (subject to hydrolysis) is 2. The van der Waals surface area contributed by atoms with Gasteiger partial charge in [0.2, 0.25) is 5.91 Å². The van der Waals surface area contributed by atoms with Gasteiger partial charge in [-0.15, -0.1) is 0 Å². The smallest absolute Gasteiger partial charge is 0.408 e. The van der Waals surface area contributed by atoms with Crippen LogP contribution in [0, 0.1) is 10.8 Å².